The SMILES string of the molecule is CSC(=CC(=C(C#N)C#N)c1ccccc1[N+](=O)[O-])SC. The fraction of sp³-hybridized carbons (Fsp3) is 0.143. The zero-order valence-electron chi connectivity index (χ0n) is 11.4. The van der Waals surface area contributed by atoms with Crippen LogP contribution in [0.25, 0.3) is 5.57 Å². The topological polar surface area (TPSA) is 90.7 Å². The van der Waals surface area contributed by atoms with Crippen LogP contribution in [0.3, 0.4) is 0 Å². The van der Waals surface area contributed by atoms with Crippen molar-refractivity contribution in [3.05, 3.63) is 55.8 Å². The average Bonchev–Trinajstić information content (AvgIpc) is 2.51. The third-order valence-corrected chi connectivity index (χ3v) is 4.59. The molecule has 0 aliphatic carbocycles. The van der Waals surface area contributed by atoms with E-state index >= 15 is 0 Å². The Bertz CT molecular complexity index is 675. The van der Waals surface area contributed by atoms with Crippen molar-refractivity contribution in [3.8, 4) is 12.1 Å². The van der Waals surface area contributed by atoms with Crippen LogP contribution in [0.5, 0.6) is 0 Å². The van der Waals surface area contributed by atoms with Gasteiger partial charge in [0.05, 0.1) is 10.5 Å². The van der Waals surface area contributed by atoms with Crippen LogP contribution < -0.4 is 0 Å². The van der Waals surface area contributed by atoms with Gasteiger partial charge in [0.1, 0.15) is 17.7 Å². The summed E-state index contributed by atoms with van der Waals surface area (Å²) in [6.45, 7) is 0. The van der Waals surface area contributed by atoms with E-state index in [1.165, 1.54) is 35.7 Å². The van der Waals surface area contributed by atoms with Crippen molar-refractivity contribution in [3.63, 3.8) is 0 Å². The van der Waals surface area contributed by atoms with E-state index in [0.29, 0.717) is 0 Å². The molecule has 0 amide bonds. The Morgan fingerprint density at radius 1 is 1.24 bits per heavy atom. The largest absolute Gasteiger partial charge is 0.277 e. The Morgan fingerprint density at radius 3 is 2.29 bits per heavy atom. The molecule has 1 aromatic rings. The lowest BCUT2D eigenvalue weighted by molar-refractivity contribution is -0.385. The Hall–Kier alpha value is -2.22. The van der Waals surface area contributed by atoms with Crippen LogP contribution >= 0.6 is 23.5 Å². The van der Waals surface area contributed by atoms with Crippen molar-refractivity contribution in [1.29, 1.82) is 10.5 Å². The van der Waals surface area contributed by atoms with Crippen molar-refractivity contribution in [2.45, 2.75) is 0 Å². The summed E-state index contributed by atoms with van der Waals surface area (Å²) in [5.74, 6) is 0. The number of para-hydroxylation sites is 1. The van der Waals surface area contributed by atoms with E-state index in [0.717, 1.165) is 4.24 Å². The van der Waals surface area contributed by atoms with Crippen LogP contribution in [0, 0.1) is 32.8 Å². The molecule has 1 rings (SSSR count). The molecule has 0 aliphatic heterocycles. The summed E-state index contributed by atoms with van der Waals surface area (Å²) in [7, 11) is 0. The molecule has 0 heterocycles. The summed E-state index contributed by atoms with van der Waals surface area (Å²) in [6.07, 6.45) is 5.36. The highest BCUT2D eigenvalue weighted by molar-refractivity contribution is 8.21. The number of allylic oxidation sites excluding steroid dienone is 3. The lowest BCUT2D eigenvalue weighted by atomic mass is 9.99. The van der Waals surface area contributed by atoms with E-state index in [2.05, 4.69) is 0 Å². The van der Waals surface area contributed by atoms with Gasteiger partial charge >= 0.3 is 0 Å². The second kappa shape index (κ2) is 8.15. The van der Waals surface area contributed by atoms with E-state index in [4.69, 9.17) is 10.5 Å². The Morgan fingerprint density at radius 2 is 1.81 bits per heavy atom. The number of nitro benzene ring substituents is 1. The lowest BCUT2D eigenvalue weighted by Gasteiger charge is -2.06. The standard InChI is InChI=1S/C14H11N3O2S2/c1-20-14(21-2)7-12(10(8-15)9-16)11-5-3-4-6-13(11)17(18)19/h3-7H,1-2H3. The minimum atomic E-state index is -0.520. The molecule has 0 bridgehead atoms. The summed E-state index contributed by atoms with van der Waals surface area (Å²) >= 11 is 2.89. The van der Waals surface area contributed by atoms with Crippen LogP contribution in [0.15, 0.2) is 40.2 Å². The van der Waals surface area contributed by atoms with E-state index in [-0.39, 0.29) is 22.4 Å². The van der Waals surface area contributed by atoms with Gasteiger partial charge in [-0.05, 0) is 24.7 Å². The number of benzene rings is 1. The summed E-state index contributed by atoms with van der Waals surface area (Å²) in [6, 6.07) is 9.69. The van der Waals surface area contributed by atoms with E-state index < -0.39 is 4.92 Å². The van der Waals surface area contributed by atoms with E-state index in [1.807, 2.05) is 12.5 Å². The summed E-state index contributed by atoms with van der Waals surface area (Å²) in [5.41, 5.74) is 0.255. The molecule has 0 saturated carbocycles. The number of nitro groups is 1. The minimum Gasteiger partial charge on any atom is -0.258 e. The first kappa shape index (κ1) is 16.8. The highest BCUT2D eigenvalue weighted by atomic mass is 32.2. The number of hydrogen-bond donors (Lipinski definition) is 0. The third-order valence-electron chi connectivity index (χ3n) is 2.55. The van der Waals surface area contributed by atoms with E-state index in [1.54, 1.807) is 30.3 Å². The van der Waals surface area contributed by atoms with Crippen LogP contribution in [0.4, 0.5) is 5.69 Å². The van der Waals surface area contributed by atoms with Gasteiger partial charge in [-0.2, -0.15) is 10.5 Å². The van der Waals surface area contributed by atoms with Crippen molar-refractivity contribution < 1.29 is 4.92 Å². The molecule has 0 unspecified atom stereocenters. The van der Waals surface area contributed by atoms with E-state index in [9.17, 15) is 10.1 Å². The molecule has 106 valence electrons. The molecule has 21 heavy (non-hydrogen) atoms. The Labute approximate surface area is 131 Å². The molecule has 0 aliphatic rings. The highest BCUT2D eigenvalue weighted by Gasteiger charge is 2.18. The molecule has 1 aromatic carbocycles. The lowest BCUT2D eigenvalue weighted by Crippen LogP contribution is -1.96. The van der Waals surface area contributed by atoms with Crippen LogP contribution in [-0.2, 0) is 0 Å². The predicted octanol–water partition coefficient (Wildman–Crippen LogP) is 3.96. The normalized spacial score (nSPS) is 9.14. The number of rotatable bonds is 5. The molecule has 5 nitrogen and oxygen atoms in total. The van der Waals surface area contributed by atoms with Gasteiger partial charge in [-0.25, -0.2) is 0 Å². The first-order valence-corrected chi connectivity index (χ1v) is 8.11. The van der Waals surface area contributed by atoms with Crippen molar-refractivity contribution in [2.75, 3.05) is 12.5 Å². The molecule has 7 heteroatoms. The second-order valence-corrected chi connectivity index (χ2v) is 5.61. The minimum absolute atomic E-state index is 0.131. The summed E-state index contributed by atoms with van der Waals surface area (Å²) < 4.78 is 0.853. The fourth-order valence-electron chi connectivity index (χ4n) is 1.61. The van der Waals surface area contributed by atoms with Gasteiger partial charge in [-0.3, -0.25) is 10.1 Å². The molecular weight excluding hydrogens is 306 g/mol. The van der Waals surface area contributed by atoms with Crippen molar-refractivity contribution in [2.24, 2.45) is 0 Å². The summed E-state index contributed by atoms with van der Waals surface area (Å²) in [4.78, 5) is 10.6. The van der Waals surface area contributed by atoms with Gasteiger partial charge in [0.2, 0.25) is 0 Å². The molecule has 0 fully saturated rings. The van der Waals surface area contributed by atoms with Crippen molar-refractivity contribution >= 4 is 34.8 Å². The highest BCUT2D eigenvalue weighted by Crippen LogP contribution is 2.33. The molecule has 0 aromatic heterocycles. The molecule has 0 atom stereocenters. The molecule has 0 N–H and O–H groups in total. The molecular formula is C14H11N3O2S2. The van der Waals surface area contributed by atoms with Gasteiger partial charge in [0, 0.05) is 15.9 Å². The quantitative estimate of drug-likeness (QED) is 0.353. The number of thioether (sulfide) groups is 2. The Balaban J connectivity index is 3.67. The van der Waals surface area contributed by atoms with Gasteiger partial charge in [0.15, 0.2) is 0 Å². The van der Waals surface area contributed by atoms with Crippen molar-refractivity contribution in [1.82, 2.24) is 0 Å². The first-order valence-electron chi connectivity index (χ1n) is 5.67. The van der Waals surface area contributed by atoms with Gasteiger partial charge in [-0.1, -0.05) is 12.1 Å². The van der Waals surface area contributed by atoms with Gasteiger partial charge in [-0.15, -0.1) is 23.5 Å². The van der Waals surface area contributed by atoms with Gasteiger partial charge in [0.25, 0.3) is 5.69 Å². The second-order valence-electron chi connectivity index (χ2n) is 3.66. The first-order chi connectivity index (χ1) is 10.1. The smallest absolute Gasteiger partial charge is 0.258 e. The third kappa shape index (κ3) is 4.12. The van der Waals surface area contributed by atoms with Crippen LogP contribution in [0.1, 0.15) is 5.56 Å². The van der Waals surface area contributed by atoms with Gasteiger partial charge < -0.3 is 0 Å². The van der Waals surface area contributed by atoms with Crippen LogP contribution in [-0.4, -0.2) is 17.4 Å². The summed E-state index contributed by atoms with van der Waals surface area (Å²) in [5, 5.41) is 29.3. The van der Waals surface area contributed by atoms with Crippen LogP contribution in [0.2, 0.25) is 0 Å². The zero-order valence-corrected chi connectivity index (χ0v) is 13.0. The Kier molecular flexibility index (Phi) is 6.54. The molecule has 0 radical (unpaired) electrons. The maximum atomic E-state index is 11.1. The molecule has 0 spiro atoms. The maximum absolute atomic E-state index is 11.1. The average molecular weight is 317 g/mol. The monoisotopic (exact) mass is 317 g/mol. The number of nitriles is 2. The predicted molar refractivity (Wildman–Crippen MR) is 86.4 cm³/mol. The number of hydrogen-bond acceptors (Lipinski definition) is 6. The maximum Gasteiger partial charge on any atom is 0.277 e. The fourth-order valence-corrected chi connectivity index (χ4v) is 2.75. The number of nitrogens with zero attached hydrogens (tertiary/aromatic N) is 3. The zero-order chi connectivity index (χ0) is 15.8. The molecule has 0 saturated heterocycles.